The fraction of sp³-hybridized carbons (Fsp3) is 0.433. The third-order valence-corrected chi connectivity index (χ3v) is 8.88. The molecule has 0 bridgehead atoms. The van der Waals surface area contributed by atoms with E-state index in [-0.39, 0.29) is 18.9 Å². The lowest BCUT2D eigenvalue weighted by atomic mass is 9.92. The van der Waals surface area contributed by atoms with Gasteiger partial charge in [0.1, 0.15) is 11.5 Å². The van der Waals surface area contributed by atoms with Gasteiger partial charge in [-0.15, -0.1) is 0 Å². The van der Waals surface area contributed by atoms with Gasteiger partial charge in [-0.05, 0) is 49.4 Å². The number of hydrogen-bond acceptors (Lipinski definition) is 5. The van der Waals surface area contributed by atoms with E-state index in [1.807, 2.05) is 4.90 Å². The molecule has 0 amide bonds. The molecule has 1 unspecified atom stereocenters. The molecule has 0 N–H and O–H groups in total. The second kappa shape index (κ2) is 10.7. The first kappa shape index (κ1) is 27.3. The first-order valence-corrected chi connectivity index (χ1v) is 13.9. The number of benzene rings is 2. The van der Waals surface area contributed by atoms with Crippen LogP contribution in [0.2, 0.25) is 5.02 Å². The number of carbonyl (C=O) groups excluding carboxylic acids is 1. The summed E-state index contributed by atoms with van der Waals surface area (Å²) < 4.78 is 16.8. The number of ketones is 1. The van der Waals surface area contributed by atoms with Crippen LogP contribution in [0.5, 0.6) is 0 Å². The van der Waals surface area contributed by atoms with E-state index < -0.39 is 22.7 Å². The molecule has 2 aliphatic heterocycles. The third-order valence-electron chi connectivity index (χ3n) is 8.51. The average Bonchev–Trinajstić information content (AvgIpc) is 3.25. The first-order valence-electron chi connectivity index (χ1n) is 13.5. The van der Waals surface area contributed by atoms with E-state index in [4.69, 9.17) is 11.6 Å². The van der Waals surface area contributed by atoms with E-state index >= 15 is 0 Å². The van der Waals surface area contributed by atoms with Crippen molar-refractivity contribution in [3.8, 4) is 0 Å². The third kappa shape index (κ3) is 4.96. The minimum Gasteiger partial charge on any atom is -0.343 e. The summed E-state index contributed by atoms with van der Waals surface area (Å²) >= 11 is 6.50. The van der Waals surface area contributed by atoms with Crippen molar-refractivity contribution in [1.29, 1.82) is 0 Å². The maximum absolute atomic E-state index is 14.3. The Labute approximate surface area is 232 Å². The Morgan fingerprint density at radius 1 is 1.15 bits per heavy atom. The van der Waals surface area contributed by atoms with Crippen LogP contribution in [0.4, 0.5) is 10.1 Å². The molecule has 3 aromatic rings. The van der Waals surface area contributed by atoms with Crippen LogP contribution in [0.1, 0.15) is 54.7 Å². The van der Waals surface area contributed by atoms with Gasteiger partial charge in [0.25, 0.3) is 5.56 Å². The molecule has 206 valence electrons. The SMILES string of the molecule is CC[C@@H]1CCCN(C2(C)Cc3c(c(=O)n(CC(=O)c4ccccc4)c(=O)n3C)N2Cc2cc(F)ccc2Cl)C1. The summed E-state index contributed by atoms with van der Waals surface area (Å²) in [6.07, 6.45) is 3.69. The van der Waals surface area contributed by atoms with E-state index in [1.165, 1.54) is 22.8 Å². The molecule has 5 rings (SSSR count). The molecule has 1 saturated heterocycles. The van der Waals surface area contributed by atoms with Gasteiger partial charge in [0.2, 0.25) is 0 Å². The number of aromatic nitrogens is 2. The Kier molecular flexibility index (Phi) is 7.53. The van der Waals surface area contributed by atoms with Crippen LogP contribution in [0, 0.1) is 11.7 Å². The first-order chi connectivity index (χ1) is 18.6. The van der Waals surface area contributed by atoms with Crippen LogP contribution in [-0.2, 0) is 26.6 Å². The number of anilines is 1. The van der Waals surface area contributed by atoms with Crippen LogP contribution in [0.25, 0.3) is 0 Å². The Balaban J connectivity index is 1.64. The van der Waals surface area contributed by atoms with Crippen molar-refractivity contribution in [2.45, 2.75) is 58.3 Å². The molecule has 7 nitrogen and oxygen atoms in total. The smallest absolute Gasteiger partial charge is 0.331 e. The highest BCUT2D eigenvalue weighted by Gasteiger charge is 2.48. The number of nitrogens with zero attached hydrogens (tertiary/aromatic N) is 4. The minimum atomic E-state index is -0.641. The van der Waals surface area contributed by atoms with Crippen molar-refractivity contribution in [2.75, 3.05) is 18.0 Å². The maximum atomic E-state index is 14.3. The van der Waals surface area contributed by atoms with Gasteiger partial charge >= 0.3 is 5.69 Å². The van der Waals surface area contributed by atoms with Gasteiger partial charge in [0, 0.05) is 43.7 Å². The zero-order valence-corrected chi connectivity index (χ0v) is 23.4. The predicted molar refractivity (Wildman–Crippen MR) is 151 cm³/mol. The number of Topliss-reactive ketones (excluding diaryl/α,β-unsaturated/α-hetero) is 1. The molecule has 2 atom stereocenters. The summed E-state index contributed by atoms with van der Waals surface area (Å²) in [5, 5.41) is 0.404. The molecule has 0 saturated carbocycles. The van der Waals surface area contributed by atoms with E-state index in [0.717, 1.165) is 36.9 Å². The minimum absolute atomic E-state index is 0.188. The lowest BCUT2D eigenvalue weighted by molar-refractivity contribution is 0.0543. The summed E-state index contributed by atoms with van der Waals surface area (Å²) in [6, 6.07) is 12.9. The van der Waals surface area contributed by atoms with E-state index in [2.05, 4.69) is 18.7 Å². The molecule has 1 fully saturated rings. The maximum Gasteiger partial charge on any atom is 0.331 e. The molecule has 1 aromatic heterocycles. The Morgan fingerprint density at radius 2 is 1.90 bits per heavy atom. The van der Waals surface area contributed by atoms with Gasteiger partial charge in [0.05, 0.1) is 17.9 Å². The summed E-state index contributed by atoms with van der Waals surface area (Å²) in [4.78, 5) is 44.9. The van der Waals surface area contributed by atoms with Crippen LogP contribution in [0.15, 0.2) is 58.1 Å². The zero-order chi connectivity index (χ0) is 27.9. The zero-order valence-electron chi connectivity index (χ0n) is 22.6. The summed E-state index contributed by atoms with van der Waals surface area (Å²) in [5.74, 6) is -0.203. The normalized spacial score (nSPS) is 21.3. The summed E-state index contributed by atoms with van der Waals surface area (Å²) in [6.45, 7) is 5.81. The monoisotopic (exact) mass is 552 g/mol. The highest BCUT2D eigenvalue weighted by Crippen LogP contribution is 2.42. The summed E-state index contributed by atoms with van der Waals surface area (Å²) in [7, 11) is 1.65. The fourth-order valence-corrected chi connectivity index (χ4v) is 6.30. The van der Waals surface area contributed by atoms with Crippen molar-refractivity contribution >= 4 is 23.1 Å². The second-order valence-electron chi connectivity index (χ2n) is 10.9. The van der Waals surface area contributed by atoms with E-state index in [1.54, 1.807) is 37.4 Å². The highest BCUT2D eigenvalue weighted by molar-refractivity contribution is 6.31. The Hall–Kier alpha value is -3.23. The number of likely N-dealkylation sites (tertiary alicyclic amines) is 1. The Morgan fingerprint density at radius 3 is 2.62 bits per heavy atom. The van der Waals surface area contributed by atoms with Crippen molar-refractivity contribution in [3.63, 3.8) is 0 Å². The Bertz CT molecular complexity index is 1520. The van der Waals surface area contributed by atoms with Gasteiger partial charge in [-0.2, -0.15) is 0 Å². The molecule has 3 heterocycles. The van der Waals surface area contributed by atoms with Gasteiger partial charge in [-0.3, -0.25) is 23.6 Å². The highest BCUT2D eigenvalue weighted by atomic mass is 35.5. The van der Waals surface area contributed by atoms with Crippen molar-refractivity contribution in [2.24, 2.45) is 13.0 Å². The molecule has 39 heavy (non-hydrogen) atoms. The molecule has 0 radical (unpaired) electrons. The standard InChI is InChI=1S/C30H34ClFN4O3/c1-4-20-9-8-14-34(17-20)30(2)16-25-27(36(30)18-22-15-23(32)12-13-24(22)31)28(38)35(29(39)33(25)3)19-26(37)21-10-6-5-7-11-21/h5-7,10-13,15,20H,4,8-9,14,16-19H2,1-3H3/t20-,30?/m1/s1. The quantitative estimate of drug-likeness (QED) is 0.400. The molecule has 0 spiro atoms. The number of fused-ring (bicyclic) bond motifs is 1. The number of carbonyl (C=O) groups is 1. The van der Waals surface area contributed by atoms with Crippen molar-refractivity contribution < 1.29 is 9.18 Å². The molecule has 2 aliphatic rings. The van der Waals surface area contributed by atoms with Gasteiger partial charge in [-0.25, -0.2) is 9.18 Å². The lowest BCUT2D eigenvalue weighted by Gasteiger charge is -2.49. The van der Waals surface area contributed by atoms with Crippen LogP contribution < -0.4 is 16.1 Å². The van der Waals surface area contributed by atoms with Gasteiger partial charge in [0.15, 0.2) is 5.78 Å². The predicted octanol–water partition coefficient (Wildman–Crippen LogP) is 4.62. The van der Waals surface area contributed by atoms with Crippen LogP contribution >= 0.6 is 11.6 Å². The van der Waals surface area contributed by atoms with Gasteiger partial charge in [-0.1, -0.05) is 55.3 Å². The molecular weight excluding hydrogens is 519 g/mol. The molecular formula is C30H34ClFN4O3. The molecule has 9 heteroatoms. The van der Waals surface area contributed by atoms with E-state index in [0.29, 0.717) is 39.9 Å². The number of rotatable bonds is 7. The van der Waals surface area contributed by atoms with Gasteiger partial charge < -0.3 is 4.90 Å². The average molecular weight is 553 g/mol. The largest absolute Gasteiger partial charge is 0.343 e. The molecule has 0 aliphatic carbocycles. The number of hydrogen-bond donors (Lipinski definition) is 0. The van der Waals surface area contributed by atoms with Crippen LogP contribution in [0.3, 0.4) is 0 Å². The summed E-state index contributed by atoms with van der Waals surface area (Å²) in [5.41, 5.74) is 0.275. The second-order valence-corrected chi connectivity index (χ2v) is 11.3. The van der Waals surface area contributed by atoms with Crippen LogP contribution in [-0.4, -0.2) is 38.6 Å². The number of piperidine rings is 1. The topological polar surface area (TPSA) is 67.5 Å². The van der Waals surface area contributed by atoms with Crippen molar-refractivity contribution in [3.05, 3.63) is 97.0 Å². The van der Waals surface area contributed by atoms with E-state index in [9.17, 15) is 18.8 Å². The lowest BCUT2D eigenvalue weighted by Crippen LogP contribution is -2.60. The molecule has 2 aromatic carbocycles. The van der Waals surface area contributed by atoms with Crippen molar-refractivity contribution in [1.82, 2.24) is 14.0 Å². The number of halogens is 2. The fourth-order valence-electron chi connectivity index (χ4n) is 6.12.